The molecule has 0 saturated carbocycles. The third-order valence-electron chi connectivity index (χ3n) is 5.88. The molecule has 0 bridgehead atoms. The Hall–Kier alpha value is -1.80. The van der Waals surface area contributed by atoms with Gasteiger partial charge in [0, 0.05) is 38.5 Å². The molecule has 1 aliphatic heterocycles. The summed E-state index contributed by atoms with van der Waals surface area (Å²) in [6.07, 6.45) is 3.18. The van der Waals surface area contributed by atoms with Gasteiger partial charge in [0.2, 0.25) is 0 Å². The zero-order valence-electron chi connectivity index (χ0n) is 18.8. The Labute approximate surface area is 204 Å². The van der Waals surface area contributed by atoms with E-state index in [0.717, 1.165) is 51.4 Å². The zero-order chi connectivity index (χ0) is 21.2. The molecule has 0 aliphatic carbocycles. The summed E-state index contributed by atoms with van der Waals surface area (Å²) < 4.78 is 0. The van der Waals surface area contributed by atoms with Gasteiger partial charge in [0.15, 0.2) is 5.96 Å². The molecule has 0 atom stereocenters. The highest BCUT2D eigenvalue weighted by Gasteiger charge is 2.18. The first-order chi connectivity index (χ1) is 14.7. The van der Waals surface area contributed by atoms with Crippen molar-refractivity contribution in [3.63, 3.8) is 0 Å². The van der Waals surface area contributed by atoms with Crippen LogP contribution >= 0.6 is 24.0 Å². The van der Waals surface area contributed by atoms with Gasteiger partial charge < -0.3 is 20.6 Å². The third-order valence-corrected chi connectivity index (χ3v) is 5.88. The first kappa shape index (κ1) is 25.5. The number of aliphatic imine (C=N–C) groups is 1. The number of hydrogen-bond acceptors (Lipinski definition) is 3. The van der Waals surface area contributed by atoms with E-state index in [2.05, 4.69) is 77.9 Å². The van der Waals surface area contributed by atoms with Crippen LogP contribution < -0.4 is 15.5 Å². The monoisotopic (exact) mass is 536 g/mol. The topological polar surface area (TPSA) is 59.9 Å². The van der Waals surface area contributed by atoms with Gasteiger partial charge in [-0.05, 0) is 60.9 Å². The SMILES string of the molecule is CCNC(=NCc1ccc(N2CCC(CO)CC2)cc1)NCc1ccccc1CC.I. The van der Waals surface area contributed by atoms with Crippen molar-refractivity contribution < 1.29 is 5.11 Å². The molecule has 6 heteroatoms. The quantitative estimate of drug-likeness (QED) is 0.267. The van der Waals surface area contributed by atoms with Crippen LogP contribution in [0.1, 0.15) is 43.4 Å². The Bertz CT molecular complexity index is 801. The fourth-order valence-electron chi connectivity index (χ4n) is 3.95. The van der Waals surface area contributed by atoms with Crippen LogP contribution in [0, 0.1) is 5.92 Å². The molecule has 0 unspecified atom stereocenters. The van der Waals surface area contributed by atoms with Crippen LogP contribution in [0.25, 0.3) is 0 Å². The summed E-state index contributed by atoms with van der Waals surface area (Å²) in [6, 6.07) is 17.3. The predicted molar refractivity (Wildman–Crippen MR) is 141 cm³/mol. The summed E-state index contributed by atoms with van der Waals surface area (Å²) in [4.78, 5) is 7.18. The van der Waals surface area contributed by atoms with E-state index < -0.39 is 0 Å². The van der Waals surface area contributed by atoms with Crippen molar-refractivity contribution in [3.05, 3.63) is 65.2 Å². The summed E-state index contributed by atoms with van der Waals surface area (Å²) >= 11 is 0. The van der Waals surface area contributed by atoms with Crippen molar-refractivity contribution in [1.82, 2.24) is 10.6 Å². The molecule has 2 aromatic rings. The number of benzene rings is 2. The minimum absolute atomic E-state index is 0. The summed E-state index contributed by atoms with van der Waals surface area (Å²) in [6.45, 7) is 8.91. The molecule has 31 heavy (non-hydrogen) atoms. The Morgan fingerprint density at radius 3 is 2.29 bits per heavy atom. The molecule has 0 amide bonds. The molecule has 2 aromatic carbocycles. The number of guanidine groups is 1. The van der Waals surface area contributed by atoms with Crippen LogP contribution in [0.15, 0.2) is 53.5 Å². The number of rotatable bonds is 8. The van der Waals surface area contributed by atoms with Crippen LogP contribution in [0.3, 0.4) is 0 Å². The number of aliphatic hydroxyl groups is 1. The second-order valence-corrected chi connectivity index (χ2v) is 7.95. The number of halogens is 1. The highest BCUT2D eigenvalue weighted by Crippen LogP contribution is 2.23. The van der Waals surface area contributed by atoms with Gasteiger partial charge in [-0.25, -0.2) is 4.99 Å². The number of anilines is 1. The van der Waals surface area contributed by atoms with E-state index in [1.807, 2.05) is 0 Å². The van der Waals surface area contributed by atoms with Gasteiger partial charge in [-0.3, -0.25) is 0 Å². The number of piperidine rings is 1. The molecule has 1 heterocycles. The van der Waals surface area contributed by atoms with E-state index in [1.54, 1.807) is 0 Å². The number of nitrogens with zero attached hydrogens (tertiary/aromatic N) is 2. The highest BCUT2D eigenvalue weighted by atomic mass is 127. The van der Waals surface area contributed by atoms with Crippen LogP contribution in [-0.4, -0.2) is 37.3 Å². The van der Waals surface area contributed by atoms with E-state index in [0.29, 0.717) is 19.1 Å². The Balaban J connectivity index is 0.00000341. The maximum absolute atomic E-state index is 9.31. The largest absolute Gasteiger partial charge is 0.396 e. The molecule has 3 N–H and O–H groups in total. The third kappa shape index (κ3) is 7.68. The van der Waals surface area contributed by atoms with Crippen LogP contribution in [0.5, 0.6) is 0 Å². The second kappa shape index (κ2) is 13.6. The van der Waals surface area contributed by atoms with Crippen LogP contribution in [0.4, 0.5) is 5.69 Å². The summed E-state index contributed by atoms with van der Waals surface area (Å²) in [5, 5.41) is 16.1. The average molecular weight is 537 g/mol. The van der Waals surface area contributed by atoms with Gasteiger partial charge in [-0.2, -0.15) is 0 Å². The molecule has 1 saturated heterocycles. The standard InChI is InChI=1S/C25H36N4O.HI/c1-3-22-7-5-6-8-23(22)18-28-25(26-4-2)27-17-20-9-11-24(12-10-20)29-15-13-21(19-30)14-16-29;/h5-12,21,30H,3-4,13-19H2,1-2H3,(H2,26,27,28);1H. The van der Waals surface area contributed by atoms with Crippen molar-refractivity contribution in [3.8, 4) is 0 Å². The minimum Gasteiger partial charge on any atom is -0.396 e. The van der Waals surface area contributed by atoms with Crippen LogP contribution in [0.2, 0.25) is 0 Å². The highest BCUT2D eigenvalue weighted by molar-refractivity contribution is 14.0. The van der Waals surface area contributed by atoms with E-state index in [9.17, 15) is 5.11 Å². The van der Waals surface area contributed by atoms with Gasteiger partial charge in [0.05, 0.1) is 6.54 Å². The Kier molecular flexibility index (Phi) is 11.2. The number of nitrogens with one attached hydrogen (secondary N) is 2. The van der Waals surface area contributed by atoms with Crippen molar-refractivity contribution in [1.29, 1.82) is 0 Å². The van der Waals surface area contributed by atoms with Crippen molar-refractivity contribution in [2.75, 3.05) is 31.1 Å². The van der Waals surface area contributed by atoms with Crippen LogP contribution in [-0.2, 0) is 19.5 Å². The first-order valence-corrected chi connectivity index (χ1v) is 11.3. The first-order valence-electron chi connectivity index (χ1n) is 11.3. The van der Waals surface area contributed by atoms with Gasteiger partial charge in [-0.15, -0.1) is 24.0 Å². The number of aliphatic hydroxyl groups excluding tert-OH is 1. The molecule has 170 valence electrons. The number of aryl methyl sites for hydroxylation is 1. The molecular formula is C25H37IN4O. The average Bonchev–Trinajstić information content (AvgIpc) is 2.81. The fraction of sp³-hybridized carbons (Fsp3) is 0.480. The fourth-order valence-corrected chi connectivity index (χ4v) is 3.95. The number of hydrogen-bond donors (Lipinski definition) is 3. The lowest BCUT2D eigenvalue weighted by molar-refractivity contribution is 0.203. The van der Waals surface area contributed by atoms with Crippen molar-refractivity contribution >= 4 is 35.6 Å². The lowest BCUT2D eigenvalue weighted by atomic mass is 9.97. The van der Waals surface area contributed by atoms with Gasteiger partial charge in [0.25, 0.3) is 0 Å². The maximum Gasteiger partial charge on any atom is 0.191 e. The lowest BCUT2D eigenvalue weighted by Crippen LogP contribution is -2.37. The molecule has 0 radical (unpaired) electrons. The van der Waals surface area contributed by atoms with E-state index in [-0.39, 0.29) is 24.0 Å². The predicted octanol–water partition coefficient (Wildman–Crippen LogP) is 4.33. The molecule has 0 spiro atoms. The molecule has 5 nitrogen and oxygen atoms in total. The molecule has 0 aromatic heterocycles. The summed E-state index contributed by atoms with van der Waals surface area (Å²) in [5.41, 5.74) is 5.16. The normalized spacial score (nSPS) is 14.8. The van der Waals surface area contributed by atoms with Gasteiger partial charge in [0.1, 0.15) is 0 Å². The van der Waals surface area contributed by atoms with E-state index in [4.69, 9.17) is 4.99 Å². The zero-order valence-corrected chi connectivity index (χ0v) is 21.1. The summed E-state index contributed by atoms with van der Waals surface area (Å²) in [7, 11) is 0. The van der Waals surface area contributed by atoms with Crippen molar-refractivity contribution in [2.24, 2.45) is 10.9 Å². The Morgan fingerprint density at radius 1 is 1.00 bits per heavy atom. The lowest BCUT2D eigenvalue weighted by Gasteiger charge is -2.32. The van der Waals surface area contributed by atoms with E-state index >= 15 is 0 Å². The minimum atomic E-state index is 0. The summed E-state index contributed by atoms with van der Waals surface area (Å²) in [5.74, 6) is 1.31. The molecule has 3 rings (SSSR count). The molecular weight excluding hydrogens is 499 g/mol. The smallest absolute Gasteiger partial charge is 0.191 e. The van der Waals surface area contributed by atoms with Gasteiger partial charge >= 0.3 is 0 Å². The van der Waals surface area contributed by atoms with E-state index in [1.165, 1.54) is 22.4 Å². The second-order valence-electron chi connectivity index (χ2n) is 7.95. The maximum atomic E-state index is 9.31. The molecule has 1 aliphatic rings. The van der Waals surface area contributed by atoms with Gasteiger partial charge in [-0.1, -0.05) is 43.3 Å². The van der Waals surface area contributed by atoms with Crippen molar-refractivity contribution in [2.45, 2.75) is 46.2 Å². The molecule has 1 fully saturated rings. The Morgan fingerprint density at radius 2 is 1.68 bits per heavy atom.